The first-order chi connectivity index (χ1) is 8.47. The van der Waals surface area contributed by atoms with Gasteiger partial charge in [-0.2, -0.15) is 8.42 Å². The molecule has 18 heavy (non-hydrogen) atoms. The molecule has 0 aliphatic carbocycles. The van der Waals surface area contributed by atoms with Crippen LogP contribution in [0.25, 0.3) is 10.8 Å². The van der Waals surface area contributed by atoms with E-state index >= 15 is 0 Å². The van der Waals surface area contributed by atoms with E-state index in [1.165, 1.54) is 12.1 Å². The van der Waals surface area contributed by atoms with Gasteiger partial charge in [-0.1, -0.05) is 6.07 Å². The van der Waals surface area contributed by atoms with E-state index in [9.17, 15) is 8.42 Å². The van der Waals surface area contributed by atoms with Crippen LogP contribution in [-0.2, 0) is 10.1 Å². The predicted octanol–water partition coefficient (Wildman–Crippen LogP) is 2.46. The first kappa shape index (κ1) is 12.5. The van der Waals surface area contributed by atoms with Crippen LogP contribution < -0.4 is 5.32 Å². The molecule has 2 N–H and O–H groups in total. The summed E-state index contributed by atoms with van der Waals surface area (Å²) in [6, 6.07) is 7.91. The van der Waals surface area contributed by atoms with Crippen LogP contribution in [0.3, 0.4) is 0 Å². The number of hydrogen-bond donors (Lipinski definition) is 2. The molecule has 0 aromatic heterocycles. The third-order valence-corrected chi connectivity index (χ3v) is 3.55. The van der Waals surface area contributed by atoms with Crippen molar-refractivity contribution in [1.29, 1.82) is 0 Å². The molecule has 0 radical (unpaired) electrons. The van der Waals surface area contributed by atoms with Crippen LogP contribution in [0.5, 0.6) is 0 Å². The third-order valence-electron chi connectivity index (χ3n) is 2.70. The summed E-state index contributed by atoms with van der Waals surface area (Å²) in [7, 11) is -2.48. The molecule has 0 fully saturated rings. The monoisotopic (exact) mass is 264 g/mol. The number of anilines is 1. The van der Waals surface area contributed by atoms with Gasteiger partial charge in [-0.25, -0.2) is 0 Å². The highest BCUT2D eigenvalue weighted by Crippen LogP contribution is 2.33. The van der Waals surface area contributed by atoms with Crippen LogP contribution in [0.15, 0.2) is 40.2 Å². The smallest absolute Gasteiger partial charge is 0.294 e. The Kier molecular flexibility index (Phi) is 3.06. The van der Waals surface area contributed by atoms with Gasteiger partial charge in [-0.3, -0.25) is 9.55 Å². The fourth-order valence-electron chi connectivity index (χ4n) is 1.83. The van der Waals surface area contributed by atoms with E-state index in [1.54, 1.807) is 25.2 Å². The normalized spacial score (nSPS) is 11.4. The van der Waals surface area contributed by atoms with E-state index in [0.717, 1.165) is 11.1 Å². The number of fused-ring (bicyclic) bond motifs is 1. The summed E-state index contributed by atoms with van der Waals surface area (Å²) < 4.78 is 31.3. The van der Waals surface area contributed by atoms with E-state index in [1.807, 2.05) is 0 Å². The molecule has 0 unspecified atom stereocenters. The zero-order valence-electron chi connectivity index (χ0n) is 9.71. The fraction of sp³-hybridized carbons (Fsp3) is 0.0833. The minimum absolute atomic E-state index is 0.146. The van der Waals surface area contributed by atoms with E-state index in [0.29, 0.717) is 11.1 Å². The van der Waals surface area contributed by atoms with Gasteiger partial charge in [0.1, 0.15) is 0 Å². The van der Waals surface area contributed by atoms with Crippen LogP contribution in [0.2, 0.25) is 0 Å². The Morgan fingerprint density at radius 3 is 2.50 bits per heavy atom. The number of hydrogen-bond acceptors (Lipinski definition) is 4. The number of nitrogens with zero attached hydrogens (tertiary/aromatic N) is 1. The van der Waals surface area contributed by atoms with Gasteiger partial charge in [0, 0.05) is 23.5 Å². The highest BCUT2D eigenvalue weighted by atomic mass is 32.2. The fourth-order valence-corrected chi connectivity index (χ4v) is 2.33. The molecule has 0 bridgehead atoms. The van der Waals surface area contributed by atoms with E-state index < -0.39 is 10.1 Å². The molecule has 0 aliphatic rings. The number of nitrogens with one attached hydrogen (secondary N) is 1. The van der Waals surface area contributed by atoms with Crippen molar-refractivity contribution in [3.05, 3.63) is 30.3 Å². The van der Waals surface area contributed by atoms with Crippen molar-refractivity contribution < 1.29 is 13.0 Å². The van der Waals surface area contributed by atoms with Gasteiger partial charge < -0.3 is 5.32 Å². The van der Waals surface area contributed by atoms with Gasteiger partial charge in [0.15, 0.2) is 0 Å². The summed E-state index contributed by atoms with van der Waals surface area (Å²) in [4.78, 5) is 3.73. The Balaban J connectivity index is 2.87. The van der Waals surface area contributed by atoms with Gasteiger partial charge >= 0.3 is 0 Å². The molecule has 0 saturated heterocycles. The molecule has 5 nitrogen and oxygen atoms in total. The minimum atomic E-state index is -4.21. The number of benzene rings is 2. The number of aliphatic imine (C=N–C) groups is 1. The zero-order chi connectivity index (χ0) is 13.3. The van der Waals surface area contributed by atoms with Crippen LogP contribution in [0, 0.1) is 0 Å². The Labute approximate surface area is 105 Å². The molecule has 2 aromatic carbocycles. The first-order valence-corrected chi connectivity index (χ1v) is 6.60. The van der Waals surface area contributed by atoms with Crippen molar-refractivity contribution in [1.82, 2.24) is 0 Å². The summed E-state index contributed by atoms with van der Waals surface area (Å²) in [5.74, 6) is 0. The zero-order valence-corrected chi connectivity index (χ0v) is 10.5. The highest BCUT2D eigenvalue weighted by Gasteiger charge is 2.12. The standard InChI is InChI=1S/C12H12N2O3S/c1-13-11-5-6-12(14-2)10-7-8(18(15,16)17)3-4-9(10)11/h3-7,14H,1H2,2H3,(H,15,16,17). The lowest BCUT2D eigenvalue weighted by molar-refractivity contribution is 0.483. The maximum Gasteiger partial charge on any atom is 0.294 e. The molecule has 94 valence electrons. The van der Waals surface area contributed by atoms with E-state index in [2.05, 4.69) is 17.0 Å². The molecule has 0 aliphatic heterocycles. The summed E-state index contributed by atoms with van der Waals surface area (Å²) >= 11 is 0. The molecule has 6 heteroatoms. The van der Waals surface area contributed by atoms with Crippen molar-refractivity contribution in [3.63, 3.8) is 0 Å². The van der Waals surface area contributed by atoms with Crippen molar-refractivity contribution >= 4 is 39.0 Å². The molecule has 0 amide bonds. The average Bonchev–Trinajstić information content (AvgIpc) is 2.35. The van der Waals surface area contributed by atoms with Crippen LogP contribution in [0.1, 0.15) is 0 Å². The van der Waals surface area contributed by atoms with Gasteiger partial charge in [0.2, 0.25) is 0 Å². The van der Waals surface area contributed by atoms with Gasteiger partial charge in [-0.15, -0.1) is 0 Å². The Morgan fingerprint density at radius 1 is 1.22 bits per heavy atom. The average molecular weight is 264 g/mol. The predicted molar refractivity (Wildman–Crippen MR) is 72.5 cm³/mol. The van der Waals surface area contributed by atoms with Crippen LogP contribution >= 0.6 is 0 Å². The quantitative estimate of drug-likeness (QED) is 0.659. The van der Waals surface area contributed by atoms with Crippen molar-refractivity contribution in [3.8, 4) is 0 Å². The van der Waals surface area contributed by atoms with Crippen LogP contribution in [0.4, 0.5) is 11.4 Å². The van der Waals surface area contributed by atoms with Gasteiger partial charge in [0.25, 0.3) is 10.1 Å². The molecule has 0 saturated carbocycles. The largest absolute Gasteiger partial charge is 0.388 e. The summed E-state index contributed by atoms with van der Waals surface area (Å²) in [6.07, 6.45) is 0. The lowest BCUT2D eigenvalue weighted by Crippen LogP contribution is -1.98. The van der Waals surface area contributed by atoms with Gasteiger partial charge in [-0.05, 0) is 31.0 Å². The molecule has 2 aromatic rings. The highest BCUT2D eigenvalue weighted by molar-refractivity contribution is 7.85. The topological polar surface area (TPSA) is 78.8 Å². The molecule has 0 atom stereocenters. The summed E-state index contributed by atoms with van der Waals surface area (Å²) in [6.45, 7) is 3.47. The SMILES string of the molecule is C=Nc1ccc(NC)c2cc(S(=O)(=O)O)ccc12. The summed E-state index contributed by atoms with van der Waals surface area (Å²) in [5.41, 5.74) is 1.41. The molecule has 0 spiro atoms. The molecule has 2 rings (SSSR count). The van der Waals surface area contributed by atoms with Crippen molar-refractivity contribution in [2.45, 2.75) is 4.90 Å². The van der Waals surface area contributed by atoms with E-state index in [4.69, 9.17) is 4.55 Å². The maximum absolute atomic E-state index is 11.1. The van der Waals surface area contributed by atoms with Crippen LogP contribution in [-0.4, -0.2) is 26.7 Å². The second-order valence-corrected chi connectivity index (χ2v) is 5.14. The molecular weight excluding hydrogens is 252 g/mol. The number of rotatable bonds is 3. The first-order valence-electron chi connectivity index (χ1n) is 5.16. The molecular formula is C12H12N2O3S. The Hall–Kier alpha value is -1.92. The lowest BCUT2D eigenvalue weighted by atomic mass is 10.1. The Morgan fingerprint density at radius 2 is 1.94 bits per heavy atom. The second kappa shape index (κ2) is 4.40. The Bertz CT molecular complexity index is 723. The van der Waals surface area contributed by atoms with Gasteiger partial charge in [0.05, 0.1) is 10.6 Å². The minimum Gasteiger partial charge on any atom is -0.388 e. The van der Waals surface area contributed by atoms with Crippen molar-refractivity contribution in [2.75, 3.05) is 12.4 Å². The maximum atomic E-state index is 11.1. The summed E-state index contributed by atoms with van der Waals surface area (Å²) in [5, 5.41) is 4.39. The van der Waals surface area contributed by atoms with Crippen molar-refractivity contribution in [2.24, 2.45) is 4.99 Å². The lowest BCUT2D eigenvalue weighted by Gasteiger charge is -2.09. The second-order valence-electron chi connectivity index (χ2n) is 3.72. The third kappa shape index (κ3) is 2.07. The van der Waals surface area contributed by atoms with E-state index in [-0.39, 0.29) is 4.90 Å². The molecule has 0 heterocycles.